The lowest BCUT2D eigenvalue weighted by Gasteiger charge is -2.06. The van der Waals surface area contributed by atoms with Gasteiger partial charge in [-0.15, -0.1) is 0 Å². The van der Waals surface area contributed by atoms with E-state index in [1.807, 2.05) is 13.8 Å². The highest BCUT2D eigenvalue weighted by molar-refractivity contribution is 5.91. The van der Waals surface area contributed by atoms with Crippen molar-refractivity contribution in [3.8, 4) is 0 Å². The van der Waals surface area contributed by atoms with Crippen molar-refractivity contribution in [2.45, 2.75) is 33.9 Å². The molecule has 110 valence electrons. The fraction of sp³-hybridized carbons (Fsp3) is 0.500. The molecule has 0 bridgehead atoms. The largest absolute Gasteiger partial charge is 0.453 e. The smallest absolute Gasteiger partial charge is 0.422 e. The van der Waals surface area contributed by atoms with Crippen molar-refractivity contribution < 1.29 is 27.5 Å². The lowest BCUT2D eigenvalue weighted by Crippen LogP contribution is -2.20. The number of nitrogens with two attached hydrogens (primary N) is 1. The summed E-state index contributed by atoms with van der Waals surface area (Å²) in [7, 11) is 0. The zero-order valence-electron chi connectivity index (χ0n) is 11.4. The Morgan fingerprint density at radius 2 is 1.58 bits per heavy atom. The van der Waals surface area contributed by atoms with E-state index < -0.39 is 18.8 Å². The molecule has 0 saturated carbocycles. The first kappa shape index (κ1) is 19.5. The number of primary amides is 1. The molecule has 0 aliphatic carbocycles. The molecule has 0 aromatic heterocycles. The summed E-state index contributed by atoms with van der Waals surface area (Å²) in [4.78, 5) is 20.7. The molecule has 19 heavy (non-hydrogen) atoms. The molecule has 7 heteroatoms. The van der Waals surface area contributed by atoms with Crippen LogP contribution in [0, 0.1) is 0 Å². The third-order valence-electron chi connectivity index (χ3n) is 1.83. The van der Waals surface area contributed by atoms with Crippen molar-refractivity contribution in [2.24, 2.45) is 5.73 Å². The molecule has 0 aliphatic heterocycles. The number of amides is 1. The van der Waals surface area contributed by atoms with E-state index in [1.54, 1.807) is 6.92 Å². The van der Waals surface area contributed by atoms with Gasteiger partial charge in [0.15, 0.2) is 6.61 Å². The maximum absolute atomic E-state index is 11.4. The van der Waals surface area contributed by atoms with Crippen molar-refractivity contribution in [1.29, 1.82) is 0 Å². The van der Waals surface area contributed by atoms with Crippen LogP contribution in [0.5, 0.6) is 0 Å². The summed E-state index contributed by atoms with van der Waals surface area (Å²) in [6, 6.07) is 0. The summed E-state index contributed by atoms with van der Waals surface area (Å²) in [5.41, 5.74) is 6.53. The van der Waals surface area contributed by atoms with Gasteiger partial charge in [-0.1, -0.05) is 12.2 Å². The Balaban J connectivity index is 0. The number of allylic oxidation sites excluding steroid dienone is 1. The number of halogens is 3. The lowest BCUT2D eigenvalue weighted by molar-refractivity contribution is -0.183. The molecule has 4 nitrogen and oxygen atoms in total. The number of hydrogen-bond donors (Lipinski definition) is 1. The van der Waals surface area contributed by atoms with E-state index in [9.17, 15) is 22.8 Å². The highest BCUT2D eigenvalue weighted by Crippen LogP contribution is 2.14. The lowest BCUT2D eigenvalue weighted by atomic mass is 10.2. The topological polar surface area (TPSA) is 69.4 Å². The van der Waals surface area contributed by atoms with Crippen LogP contribution in [-0.2, 0) is 14.3 Å². The number of hydrogen-bond acceptors (Lipinski definition) is 3. The molecule has 0 aliphatic rings. The minimum atomic E-state index is -4.47. The van der Waals surface area contributed by atoms with Crippen LogP contribution in [0.1, 0.15) is 27.7 Å². The third kappa shape index (κ3) is 12.5. The monoisotopic (exact) mass is 281 g/mol. The van der Waals surface area contributed by atoms with E-state index in [-0.39, 0.29) is 11.5 Å². The zero-order valence-corrected chi connectivity index (χ0v) is 11.4. The van der Waals surface area contributed by atoms with Gasteiger partial charge in [0.1, 0.15) is 0 Å². The van der Waals surface area contributed by atoms with Crippen LogP contribution < -0.4 is 5.73 Å². The van der Waals surface area contributed by atoms with Crippen molar-refractivity contribution in [3.05, 3.63) is 23.3 Å². The second kappa shape index (κ2) is 8.34. The number of carbonyl (C=O) groups excluding carboxylic acids is 2. The average molecular weight is 281 g/mol. The zero-order chi connectivity index (χ0) is 15.8. The van der Waals surface area contributed by atoms with E-state index in [1.165, 1.54) is 6.92 Å². The summed E-state index contributed by atoms with van der Waals surface area (Å²) < 4.78 is 37.9. The van der Waals surface area contributed by atoms with Gasteiger partial charge < -0.3 is 10.5 Å². The second-order valence-corrected chi connectivity index (χ2v) is 3.96. The minimum absolute atomic E-state index is 0.0470. The molecular formula is C12H18F3NO3. The van der Waals surface area contributed by atoms with Crippen LogP contribution in [0.25, 0.3) is 0 Å². The predicted molar refractivity (Wildman–Crippen MR) is 65.1 cm³/mol. The summed E-state index contributed by atoms with van der Waals surface area (Å²) in [5, 5.41) is 0. The van der Waals surface area contributed by atoms with Crippen molar-refractivity contribution in [3.63, 3.8) is 0 Å². The van der Waals surface area contributed by atoms with Gasteiger partial charge in [0.2, 0.25) is 5.91 Å². The van der Waals surface area contributed by atoms with Gasteiger partial charge >= 0.3 is 12.1 Å². The molecule has 2 N–H and O–H groups in total. The first-order valence-electron chi connectivity index (χ1n) is 5.21. The second-order valence-electron chi connectivity index (χ2n) is 3.96. The SMILES string of the molecule is C=C(C)C(=O)OCC(F)(F)F.CC(C)=C(C)C(N)=O. The number of rotatable bonds is 3. The van der Waals surface area contributed by atoms with E-state index in [0.29, 0.717) is 5.57 Å². The van der Waals surface area contributed by atoms with Crippen LogP contribution in [0.3, 0.4) is 0 Å². The Morgan fingerprint density at radius 3 is 1.74 bits per heavy atom. The molecule has 1 amide bonds. The number of esters is 1. The first-order valence-corrected chi connectivity index (χ1v) is 5.21. The van der Waals surface area contributed by atoms with Crippen molar-refractivity contribution >= 4 is 11.9 Å². The van der Waals surface area contributed by atoms with Gasteiger partial charge in [-0.3, -0.25) is 4.79 Å². The Bertz CT molecular complexity index is 380. The summed E-state index contributed by atoms with van der Waals surface area (Å²) in [6.07, 6.45) is -4.47. The van der Waals surface area contributed by atoms with Crippen LogP contribution in [0.15, 0.2) is 23.3 Å². The van der Waals surface area contributed by atoms with Gasteiger partial charge in [-0.25, -0.2) is 4.79 Å². The van der Waals surface area contributed by atoms with E-state index >= 15 is 0 Å². The fourth-order valence-electron chi connectivity index (χ4n) is 0.517. The van der Waals surface area contributed by atoms with E-state index in [0.717, 1.165) is 5.57 Å². The van der Waals surface area contributed by atoms with Crippen molar-refractivity contribution in [2.75, 3.05) is 6.61 Å². The summed E-state index contributed by atoms with van der Waals surface area (Å²) >= 11 is 0. The predicted octanol–water partition coefficient (Wildman–Crippen LogP) is 2.50. The Kier molecular flexibility index (Phi) is 8.58. The molecule has 0 rings (SSSR count). The van der Waals surface area contributed by atoms with E-state index in [4.69, 9.17) is 5.73 Å². The van der Waals surface area contributed by atoms with Gasteiger partial charge in [-0.2, -0.15) is 13.2 Å². The summed E-state index contributed by atoms with van der Waals surface area (Å²) in [6.45, 7) is 8.28. The van der Waals surface area contributed by atoms with Gasteiger partial charge in [0.05, 0.1) is 0 Å². The number of ether oxygens (including phenoxy) is 1. The Hall–Kier alpha value is -1.79. The minimum Gasteiger partial charge on any atom is -0.453 e. The van der Waals surface area contributed by atoms with Crippen molar-refractivity contribution in [1.82, 2.24) is 0 Å². The average Bonchev–Trinajstić information content (AvgIpc) is 2.24. The van der Waals surface area contributed by atoms with Gasteiger partial charge in [0, 0.05) is 11.1 Å². The highest BCUT2D eigenvalue weighted by Gasteiger charge is 2.29. The van der Waals surface area contributed by atoms with Gasteiger partial charge in [0.25, 0.3) is 0 Å². The maximum Gasteiger partial charge on any atom is 0.422 e. The Labute approximate surface area is 110 Å². The van der Waals surface area contributed by atoms with Crippen LogP contribution in [-0.4, -0.2) is 24.7 Å². The maximum atomic E-state index is 11.4. The molecule has 0 unspecified atom stereocenters. The quantitative estimate of drug-likeness (QED) is 0.638. The van der Waals surface area contributed by atoms with Crippen LogP contribution >= 0.6 is 0 Å². The molecular weight excluding hydrogens is 263 g/mol. The molecule has 0 aromatic rings. The summed E-state index contributed by atoms with van der Waals surface area (Å²) in [5.74, 6) is -1.35. The normalized spacial score (nSPS) is 9.84. The number of alkyl halides is 3. The fourth-order valence-corrected chi connectivity index (χ4v) is 0.517. The standard InChI is InChI=1S/C6H7F3O2.C6H11NO/c1-4(2)5(10)11-3-6(7,8)9;1-4(2)5(3)6(7)8/h1,3H2,2H3;1-3H3,(H2,7,8). The molecule has 0 heterocycles. The highest BCUT2D eigenvalue weighted by atomic mass is 19.4. The molecule has 0 fully saturated rings. The first-order chi connectivity index (χ1) is 8.38. The Morgan fingerprint density at radius 1 is 1.16 bits per heavy atom. The molecule has 0 saturated heterocycles. The molecule has 0 atom stereocenters. The molecule has 0 radical (unpaired) electrons. The van der Waals surface area contributed by atoms with Gasteiger partial charge in [-0.05, 0) is 27.7 Å². The molecule has 0 aromatic carbocycles. The third-order valence-corrected chi connectivity index (χ3v) is 1.83. The van der Waals surface area contributed by atoms with Crippen LogP contribution in [0.2, 0.25) is 0 Å². The van der Waals surface area contributed by atoms with E-state index in [2.05, 4.69) is 11.3 Å². The molecule has 0 spiro atoms. The number of carbonyl (C=O) groups is 2. The van der Waals surface area contributed by atoms with Crippen LogP contribution in [0.4, 0.5) is 13.2 Å².